The van der Waals surface area contributed by atoms with E-state index in [1.807, 2.05) is 0 Å². The maximum absolute atomic E-state index is 13.3. The van der Waals surface area contributed by atoms with Crippen LogP contribution in [0.15, 0.2) is 18.2 Å². The smallest absolute Gasteiger partial charge is 0.282 e. The first-order chi connectivity index (χ1) is 10.0. The topological polar surface area (TPSA) is 75.5 Å². The zero-order valence-corrected chi connectivity index (χ0v) is 11.4. The second kappa shape index (κ2) is 5.40. The lowest BCUT2D eigenvalue weighted by molar-refractivity contribution is -0.385. The summed E-state index contributed by atoms with van der Waals surface area (Å²) in [7, 11) is 0. The van der Waals surface area contributed by atoms with E-state index in [1.165, 1.54) is 0 Å². The number of benzene rings is 1. The SMILES string of the molecule is O=C(NC1CN2CCC1CC2)c1cc(F)ccc1[N+](=O)[O-]. The van der Waals surface area contributed by atoms with E-state index in [9.17, 15) is 19.3 Å². The standard InChI is InChI=1S/C14H16FN3O3/c15-10-1-2-13(18(20)21)11(7-10)14(19)16-12-8-17-5-3-9(12)4-6-17/h1-2,7,9,12H,3-6,8H2,(H,16,19). The van der Waals surface area contributed by atoms with Crippen LogP contribution in [0, 0.1) is 21.8 Å². The van der Waals surface area contributed by atoms with Gasteiger partial charge in [0.1, 0.15) is 11.4 Å². The highest BCUT2D eigenvalue weighted by Crippen LogP contribution is 2.28. The summed E-state index contributed by atoms with van der Waals surface area (Å²) in [6, 6.07) is 2.93. The molecule has 3 aliphatic rings. The molecule has 1 atom stereocenters. The molecule has 0 aromatic heterocycles. The third kappa shape index (κ3) is 2.73. The summed E-state index contributed by atoms with van der Waals surface area (Å²) in [5, 5.41) is 13.8. The molecule has 4 rings (SSSR count). The number of nitrogens with zero attached hydrogens (tertiary/aromatic N) is 2. The number of nitro benzene ring substituents is 1. The van der Waals surface area contributed by atoms with Crippen molar-refractivity contribution in [2.75, 3.05) is 19.6 Å². The molecule has 7 heteroatoms. The minimum Gasteiger partial charge on any atom is -0.348 e. The van der Waals surface area contributed by atoms with Gasteiger partial charge in [-0.25, -0.2) is 4.39 Å². The summed E-state index contributed by atoms with van der Waals surface area (Å²) in [5.41, 5.74) is -0.577. The second-order valence-corrected chi connectivity index (χ2v) is 5.64. The Morgan fingerprint density at radius 3 is 2.67 bits per heavy atom. The van der Waals surface area contributed by atoms with Gasteiger partial charge in [-0.05, 0) is 44.0 Å². The van der Waals surface area contributed by atoms with E-state index in [0.29, 0.717) is 5.92 Å². The van der Waals surface area contributed by atoms with Crippen molar-refractivity contribution in [2.45, 2.75) is 18.9 Å². The molecule has 3 fully saturated rings. The van der Waals surface area contributed by atoms with E-state index in [-0.39, 0.29) is 17.3 Å². The predicted octanol–water partition coefficient (Wildman–Crippen LogP) is 1.56. The molecular formula is C14H16FN3O3. The molecule has 3 aliphatic heterocycles. The molecule has 1 unspecified atom stereocenters. The maximum Gasteiger partial charge on any atom is 0.282 e. The van der Waals surface area contributed by atoms with Crippen molar-refractivity contribution in [1.82, 2.24) is 10.2 Å². The largest absolute Gasteiger partial charge is 0.348 e. The number of hydrogen-bond acceptors (Lipinski definition) is 4. The van der Waals surface area contributed by atoms with Gasteiger partial charge in [-0.2, -0.15) is 0 Å². The average molecular weight is 293 g/mol. The first kappa shape index (κ1) is 13.9. The van der Waals surface area contributed by atoms with Crippen LogP contribution in [0.5, 0.6) is 0 Å². The van der Waals surface area contributed by atoms with Gasteiger partial charge < -0.3 is 10.2 Å². The van der Waals surface area contributed by atoms with E-state index >= 15 is 0 Å². The molecule has 112 valence electrons. The number of fused-ring (bicyclic) bond motifs is 3. The zero-order chi connectivity index (χ0) is 15.0. The zero-order valence-electron chi connectivity index (χ0n) is 11.4. The Morgan fingerprint density at radius 2 is 2.10 bits per heavy atom. The van der Waals surface area contributed by atoms with E-state index in [4.69, 9.17) is 0 Å². The second-order valence-electron chi connectivity index (χ2n) is 5.64. The van der Waals surface area contributed by atoms with Crippen molar-refractivity contribution < 1.29 is 14.1 Å². The lowest BCUT2D eigenvalue weighted by atomic mass is 9.84. The van der Waals surface area contributed by atoms with E-state index in [2.05, 4.69) is 10.2 Å². The van der Waals surface area contributed by atoms with Crippen molar-refractivity contribution in [3.8, 4) is 0 Å². The summed E-state index contributed by atoms with van der Waals surface area (Å²) in [6.45, 7) is 2.84. The van der Waals surface area contributed by atoms with Gasteiger partial charge in [0.05, 0.1) is 4.92 Å². The van der Waals surface area contributed by atoms with Crippen LogP contribution in [0.2, 0.25) is 0 Å². The van der Waals surface area contributed by atoms with Crippen molar-refractivity contribution in [1.29, 1.82) is 0 Å². The summed E-state index contributed by atoms with van der Waals surface area (Å²) < 4.78 is 13.3. The number of hydrogen-bond donors (Lipinski definition) is 1. The summed E-state index contributed by atoms with van der Waals surface area (Å²) in [6.07, 6.45) is 2.05. The Morgan fingerprint density at radius 1 is 1.38 bits per heavy atom. The van der Waals surface area contributed by atoms with Crippen LogP contribution >= 0.6 is 0 Å². The molecule has 1 aromatic carbocycles. The van der Waals surface area contributed by atoms with Gasteiger partial charge in [-0.3, -0.25) is 14.9 Å². The number of rotatable bonds is 3. The molecule has 0 spiro atoms. The van der Waals surface area contributed by atoms with Gasteiger partial charge in [-0.15, -0.1) is 0 Å². The fourth-order valence-electron chi connectivity index (χ4n) is 3.22. The molecule has 3 saturated heterocycles. The molecule has 1 N–H and O–H groups in total. The van der Waals surface area contributed by atoms with Crippen LogP contribution in [0.1, 0.15) is 23.2 Å². The Bertz CT molecular complexity index is 585. The normalized spacial score (nSPS) is 27.4. The number of nitro groups is 1. The number of halogens is 1. The third-order valence-corrected chi connectivity index (χ3v) is 4.37. The highest BCUT2D eigenvalue weighted by Gasteiger charge is 2.35. The molecule has 0 saturated carbocycles. The van der Waals surface area contributed by atoms with Crippen molar-refractivity contribution in [3.05, 3.63) is 39.7 Å². The fraction of sp³-hybridized carbons (Fsp3) is 0.500. The quantitative estimate of drug-likeness (QED) is 0.678. The molecule has 1 amide bonds. The third-order valence-electron chi connectivity index (χ3n) is 4.37. The molecule has 21 heavy (non-hydrogen) atoms. The number of carbonyl (C=O) groups excluding carboxylic acids is 1. The summed E-state index contributed by atoms with van der Waals surface area (Å²) >= 11 is 0. The lowest BCUT2D eigenvalue weighted by Crippen LogP contribution is -2.57. The maximum atomic E-state index is 13.3. The van der Waals surface area contributed by atoms with Gasteiger partial charge in [-0.1, -0.05) is 0 Å². The molecule has 6 nitrogen and oxygen atoms in total. The molecule has 1 aromatic rings. The molecule has 2 bridgehead atoms. The Labute approximate surface area is 121 Å². The number of piperidine rings is 3. The first-order valence-electron chi connectivity index (χ1n) is 7.02. The van der Waals surface area contributed by atoms with Gasteiger partial charge in [0.15, 0.2) is 0 Å². The Balaban J connectivity index is 1.79. The minimum absolute atomic E-state index is 0.0112. The number of amides is 1. The Hall–Kier alpha value is -2.02. The predicted molar refractivity (Wildman–Crippen MR) is 73.5 cm³/mol. The van der Waals surface area contributed by atoms with Gasteiger partial charge in [0.25, 0.3) is 11.6 Å². The average Bonchev–Trinajstić information content (AvgIpc) is 2.48. The van der Waals surface area contributed by atoms with Gasteiger partial charge in [0, 0.05) is 18.7 Å². The van der Waals surface area contributed by atoms with E-state index in [1.54, 1.807) is 0 Å². The van der Waals surface area contributed by atoms with Crippen LogP contribution in [0.4, 0.5) is 10.1 Å². The fourth-order valence-corrected chi connectivity index (χ4v) is 3.22. The van der Waals surface area contributed by atoms with Crippen molar-refractivity contribution >= 4 is 11.6 Å². The summed E-state index contributed by atoms with van der Waals surface area (Å²) in [4.78, 5) is 24.8. The number of carbonyl (C=O) groups is 1. The summed E-state index contributed by atoms with van der Waals surface area (Å²) in [5.74, 6) is -0.814. The van der Waals surface area contributed by atoms with Gasteiger partial charge >= 0.3 is 0 Å². The lowest BCUT2D eigenvalue weighted by Gasteiger charge is -2.44. The van der Waals surface area contributed by atoms with Crippen LogP contribution in [0.3, 0.4) is 0 Å². The van der Waals surface area contributed by atoms with Crippen LogP contribution in [0.25, 0.3) is 0 Å². The highest BCUT2D eigenvalue weighted by molar-refractivity contribution is 5.98. The molecule has 0 aliphatic carbocycles. The van der Waals surface area contributed by atoms with Crippen molar-refractivity contribution in [3.63, 3.8) is 0 Å². The highest BCUT2D eigenvalue weighted by atomic mass is 19.1. The number of nitrogens with one attached hydrogen (secondary N) is 1. The van der Waals surface area contributed by atoms with Crippen LogP contribution < -0.4 is 5.32 Å². The first-order valence-corrected chi connectivity index (χ1v) is 7.02. The molecule has 3 heterocycles. The molecular weight excluding hydrogens is 277 g/mol. The van der Waals surface area contributed by atoms with Crippen LogP contribution in [-0.4, -0.2) is 41.4 Å². The van der Waals surface area contributed by atoms with E-state index in [0.717, 1.165) is 50.7 Å². The minimum atomic E-state index is -0.662. The van der Waals surface area contributed by atoms with Gasteiger partial charge in [0.2, 0.25) is 0 Å². The van der Waals surface area contributed by atoms with E-state index < -0.39 is 16.6 Å². The molecule has 0 radical (unpaired) electrons. The Kier molecular flexibility index (Phi) is 3.59. The van der Waals surface area contributed by atoms with Crippen LogP contribution in [-0.2, 0) is 0 Å². The van der Waals surface area contributed by atoms with Crippen molar-refractivity contribution in [2.24, 2.45) is 5.92 Å². The monoisotopic (exact) mass is 293 g/mol.